The van der Waals surface area contributed by atoms with Crippen molar-refractivity contribution in [2.75, 3.05) is 18.9 Å². The second-order valence-electron chi connectivity index (χ2n) is 5.04. The Kier molecular flexibility index (Phi) is 5.65. The Labute approximate surface area is 136 Å². The Morgan fingerprint density at radius 2 is 2.33 bits per heavy atom. The van der Waals surface area contributed by atoms with Gasteiger partial charge in [-0.3, -0.25) is 4.57 Å². The Hall–Kier alpha value is -2.30. The first-order chi connectivity index (χ1) is 11.4. The minimum Gasteiger partial charge on any atom is -0.463 e. The smallest absolute Gasteiger partial charge is 0.351 e. The van der Waals surface area contributed by atoms with Gasteiger partial charge in [-0.05, 0) is 13.0 Å². The molecule has 132 valence electrons. The molecule has 4 atom stereocenters. The van der Waals surface area contributed by atoms with Gasteiger partial charge in [0.1, 0.15) is 18.0 Å². The largest absolute Gasteiger partial charge is 0.463 e. The summed E-state index contributed by atoms with van der Waals surface area (Å²) in [5, 5.41) is 18.7. The van der Waals surface area contributed by atoms with Gasteiger partial charge in [0.2, 0.25) is 0 Å². The molecule has 0 aromatic carbocycles. The average Bonchev–Trinajstić information content (AvgIpc) is 2.82. The molecular weight excluding hydrogens is 325 g/mol. The molecule has 1 aromatic rings. The van der Waals surface area contributed by atoms with E-state index in [1.165, 1.54) is 6.08 Å². The van der Waals surface area contributed by atoms with E-state index in [-0.39, 0.29) is 18.0 Å². The number of aromatic nitrogens is 2. The lowest BCUT2D eigenvalue weighted by Crippen LogP contribution is -2.34. The number of ether oxygens (including phenoxy) is 2. The number of carbonyl (C=O) groups is 1. The zero-order valence-electron chi connectivity index (χ0n) is 12.8. The molecule has 2 heterocycles. The topological polar surface area (TPSA) is 137 Å². The molecule has 0 aliphatic carbocycles. The summed E-state index contributed by atoms with van der Waals surface area (Å²) in [6.07, 6.45) is -2.64. The Morgan fingerprint density at radius 3 is 2.92 bits per heavy atom. The number of alkyl halides is 1. The van der Waals surface area contributed by atoms with E-state index in [2.05, 4.69) is 4.98 Å². The van der Waals surface area contributed by atoms with Gasteiger partial charge in [-0.15, -0.1) is 0 Å². The highest BCUT2D eigenvalue weighted by atomic mass is 19.1. The lowest BCUT2D eigenvalue weighted by molar-refractivity contribution is -0.137. The van der Waals surface area contributed by atoms with Crippen LogP contribution in [0.1, 0.15) is 18.7 Å². The van der Waals surface area contributed by atoms with E-state index in [4.69, 9.17) is 20.3 Å². The maximum Gasteiger partial charge on any atom is 0.351 e. The number of hydrogen-bond acceptors (Lipinski definition) is 8. The number of nitrogens with zero attached hydrogens (tertiary/aromatic N) is 2. The Balaban J connectivity index is 2.33. The first-order valence-electron chi connectivity index (χ1n) is 7.21. The summed E-state index contributed by atoms with van der Waals surface area (Å²) in [7, 11) is 0. The number of nitrogen functional groups attached to an aromatic ring is 1. The average molecular weight is 343 g/mol. The summed E-state index contributed by atoms with van der Waals surface area (Å²) in [6.45, 7) is 1.23. The van der Waals surface area contributed by atoms with Crippen molar-refractivity contribution in [2.45, 2.75) is 31.5 Å². The molecule has 1 fully saturated rings. The van der Waals surface area contributed by atoms with E-state index >= 15 is 0 Å². The molecule has 0 bridgehead atoms. The minimum atomic E-state index is -1.94. The molecule has 10 heteroatoms. The van der Waals surface area contributed by atoms with Crippen LogP contribution in [0.15, 0.2) is 17.1 Å². The number of aliphatic hydroxyl groups is 2. The third-order valence-corrected chi connectivity index (χ3v) is 3.44. The molecular formula is C14H18FN3O6. The van der Waals surface area contributed by atoms with Gasteiger partial charge in [-0.2, -0.15) is 4.98 Å². The molecule has 1 aromatic heterocycles. The van der Waals surface area contributed by atoms with Crippen molar-refractivity contribution in [3.05, 3.63) is 28.3 Å². The molecule has 0 radical (unpaired) electrons. The van der Waals surface area contributed by atoms with Crippen LogP contribution in [-0.2, 0) is 14.3 Å². The van der Waals surface area contributed by atoms with Gasteiger partial charge in [-0.25, -0.2) is 14.0 Å². The normalized spacial score (nSPS) is 26.8. The predicted molar refractivity (Wildman–Crippen MR) is 80.5 cm³/mol. The molecule has 0 spiro atoms. The van der Waals surface area contributed by atoms with E-state index in [9.17, 15) is 19.1 Å². The molecule has 0 amide bonds. The summed E-state index contributed by atoms with van der Waals surface area (Å²) >= 11 is 0. The van der Waals surface area contributed by atoms with Crippen LogP contribution in [0, 0.1) is 0 Å². The predicted octanol–water partition coefficient (Wildman–Crippen LogP) is -1.01. The SMILES string of the molecule is CCOC(=O)/C=C/c1cn([C@@H]2O[C@H](CO)[C@@H](O)[C@@H]2F)c(=O)nc1N. The van der Waals surface area contributed by atoms with Gasteiger partial charge in [0.15, 0.2) is 12.4 Å². The van der Waals surface area contributed by atoms with Crippen LogP contribution in [0.25, 0.3) is 6.08 Å². The number of esters is 1. The van der Waals surface area contributed by atoms with Crippen LogP contribution in [0.4, 0.5) is 10.2 Å². The van der Waals surface area contributed by atoms with Gasteiger partial charge in [0, 0.05) is 17.8 Å². The van der Waals surface area contributed by atoms with Crippen molar-refractivity contribution < 1.29 is 28.9 Å². The lowest BCUT2D eigenvalue weighted by atomic mass is 10.1. The zero-order chi connectivity index (χ0) is 17.9. The molecule has 1 saturated heterocycles. The lowest BCUT2D eigenvalue weighted by Gasteiger charge is -2.16. The fourth-order valence-electron chi connectivity index (χ4n) is 2.23. The van der Waals surface area contributed by atoms with Crippen molar-refractivity contribution in [1.82, 2.24) is 9.55 Å². The molecule has 1 aliphatic heterocycles. The van der Waals surface area contributed by atoms with Crippen LogP contribution >= 0.6 is 0 Å². The maximum absolute atomic E-state index is 14.1. The molecule has 4 N–H and O–H groups in total. The molecule has 24 heavy (non-hydrogen) atoms. The van der Waals surface area contributed by atoms with Crippen molar-refractivity contribution in [3.8, 4) is 0 Å². The second kappa shape index (κ2) is 7.51. The van der Waals surface area contributed by atoms with E-state index in [1.807, 2.05) is 0 Å². The second-order valence-corrected chi connectivity index (χ2v) is 5.04. The summed E-state index contributed by atoms with van der Waals surface area (Å²) < 4.78 is 24.8. The molecule has 2 rings (SSSR count). The van der Waals surface area contributed by atoms with Gasteiger partial charge >= 0.3 is 11.7 Å². The van der Waals surface area contributed by atoms with Crippen molar-refractivity contribution >= 4 is 17.9 Å². The van der Waals surface area contributed by atoms with Crippen molar-refractivity contribution in [3.63, 3.8) is 0 Å². The highest BCUT2D eigenvalue weighted by Crippen LogP contribution is 2.31. The van der Waals surface area contributed by atoms with Crippen LogP contribution < -0.4 is 11.4 Å². The van der Waals surface area contributed by atoms with Crippen molar-refractivity contribution in [1.29, 1.82) is 0 Å². The number of aliphatic hydroxyl groups excluding tert-OH is 2. The van der Waals surface area contributed by atoms with Crippen LogP contribution in [0.2, 0.25) is 0 Å². The molecule has 0 unspecified atom stereocenters. The van der Waals surface area contributed by atoms with E-state index < -0.39 is 42.9 Å². The van der Waals surface area contributed by atoms with Gasteiger partial charge in [0.25, 0.3) is 0 Å². The van der Waals surface area contributed by atoms with Crippen LogP contribution in [0.5, 0.6) is 0 Å². The van der Waals surface area contributed by atoms with E-state index in [0.29, 0.717) is 0 Å². The first kappa shape index (κ1) is 18.0. The highest BCUT2D eigenvalue weighted by Gasteiger charge is 2.45. The number of halogens is 1. The van der Waals surface area contributed by atoms with E-state index in [0.717, 1.165) is 16.8 Å². The quantitative estimate of drug-likeness (QED) is 0.457. The number of rotatable bonds is 5. The summed E-state index contributed by atoms with van der Waals surface area (Å²) in [4.78, 5) is 26.8. The maximum atomic E-state index is 14.1. The number of nitrogens with two attached hydrogens (primary N) is 1. The van der Waals surface area contributed by atoms with Gasteiger partial charge < -0.3 is 25.4 Å². The Bertz CT molecular complexity index is 692. The monoisotopic (exact) mass is 343 g/mol. The fraction of sp³-hybridized carbons (Fsp3) is 0.500. The number of hydrogen-bond donors (Lipinski definition) is 3. The van der Waals surface area contributed by atoms with Crippen LogP contribution in [-0.4, -0.2) is 57.3 Å². The van der Waals surface area contributed by atoms with Crippen molar-refractivity contribution in [2.24, 2.45) is 0 Å². The zero-order valence-corrected chi connectivity index (χ0v) is 12.8. The number of anilines is 1. The molecule has 9 nitrogen and oxygen atoms in total. The Morgan fingerprint density at radius 1 is 1.62 bits per heavy atom. The van der Waals surface area contributed by atoms with Gasteiger partial charge in [0.05, 0.1) is 13.2 Å². The fourth-order valence-corrected chi connectivity index (χ4v) is 2.23. The highest BCUT2D eigenvalue weighted by molar-refractivity contribution is 5.87. The summed E-state index contributed by atoms with van der Waals surface area (Å²) in [5.41, 5.74) is 4.89. The van der Waals surface area contributed by atoms with E-state index in [1.54, 1.807) is 6.92 Å². The minimum absolute atomic E-state index is 0.163. The molecule has 0 saturated carbocycles. The summed E-state index contributed by atoms with van der Waals surface area (Å²) in [6, 6.07) is 0. The third kappa shape index (κ3) is 3.61. The third-order valence-electron chi connectivity index (χ3n) is 3.44. The van der Waals surface area contributed by atoms with Crippen LogP contribution in [0.3, 0.4) is 0 Å². The standard InChI is InChI=1S/C14H18FN3O6/c1-2-23-9(20)4-3-7-5-18(14(22)17-12(7)16)13-10(15)11(21)8(6-19)24-13/h3-5,8,10-11,13,19,21H,2,6H2,1H3,(H2,16,17,22)/b4-3+/t8-,10+,11-,13-/m1/s1. The molecule has 1 aliphatic rings. The van der Waals surface area contributed by atoms with Gasteiger partial charge in [-0.1, -0.05) is 0 Å². The summed E-state index contributed by atoms with van der Waals surface area (Å²) in [5.74, 6) is -0.782. The number of carbonyl (C=O) groups excluding carboxylic acids is 1. The first-order valence-corrected chi connectivity index (χ1v) is 7.21.